The minimum Gasteiger partial charge on any atom is -0.309 e. The Kier molecular flexibility index (Phi) is 5.21. The van der Waals surface area contributed by atoms with E-state index in [1.807, 2.05) is 78.4 Å². The first kappa shape index (κ1) is 21.0. The Labute approximate surface area is 202 Å². The van der Waals surface area contributed by atoms with Crippen LogP contribution in [0.25, 0.3) is 22.6 Å². The summed E-state index contributed by atoms with van der Waals surface area (Å²) < 4.78 is 5.31. The number of anilines is 1. The average Bonchev–Trinajstić information content (AvgIpc) is 3.24. The lowest BCUT2D eigenvalue weighted by Gasteiger charge is -2.08. The van der Waals surface area contributed by atoms with E-state index < -0.39 is 0 Å². The van der Waals surface area contributed by atoms with E-state index in [4.69, 9.17) is 5.10 Å². The molecular weight excluding hydrogens is 440 g/mol. The predicted octanol–water partition coefficient (Wildman–Crippen LogP) is 4.14. The number of benzene rings is 2. The molecule has 35 heavy (non-hydrogen) atoms. The van der Waals surface area contributed by atoms with Gasteiger partial charge in [0.2, 0.25) is 5.91 Å². The summed E-state index contributed by atoms with van der Waals surface area (Å²) in [4.78, 5) is 17.1. The van der Waals surface area contributed by atoms with E-state index in [9.17, 15) is 4.79 Å². The molecule has 9 heteroatoms. The van der Waals surface area contributed by atoms with Gasteiger partial charge in [0.05, 0.1) is 29.6 Å². The van der Waals surface area contributed by atoms with Gasteiger partial charge in [0.15, 0.2) is 0 Å². The van der Waals surface area contributed by atoms with Crippen LogP contribution in [0.4, 0.5) is 5.82 Å². The molecule has 1 aliphatic carbocycles. The zero-order valence-electron chi connectivity index (χ0n) is 19.2. The van der Waals surface area contributed by atoms with Gasteiger partial charge in [-0.1, -0.05) is 35.5 Å². The molecule has 0 saturated heterocycles. The molecule has 1 N–H and O–H groups in total. The molecule has 2 aromatic carbocycles. The molecule has 1 fully saturated rings. The molecule has 0 unspecified atom stereocenters. The number of amides is 1. The summed E-state index contributed by atoms with van der Waals surface area (Å²) in [5.74, 6) is 0.957. The van der Waals surface area contributed by atoms with Gasteiger partial charge in [0, 0.05) is 29.4 Å². The molecule has 3 aromatic heterocycles. The molecule has 0 aliphatic heterocycles. The number of hydrogen-bond acceptors (Lipinski definition) is 5. The maximum Gasteiger partial charge on any atom is 0.247 e. The van der Waals surface area contributed by atoms with E-state index in [0.717, 1.165) is 41.2 Å². The third-order valence-corrected chi connectivity index (χ3v) is 6.01. The van der Waals surface area contributed by atoms with Gasteiger partial charge < -0.3 is 9.88 Å². The number of imidazole rings is 1. The lowest BCUT2D eigenvalue weighted by Crippen LogP contribution is -2.20. The summed E-state index contributed by atoms with van der Waals surface area (Å²) >= 11 is 0. The molecule has 0 bridgehead atoms. The monoisotopic (exact) mass is 464 g/mol. The second-order valence-electron chi connectivity index (χ2n) is 8.79. The van der Waals surface area contributed by atoms with Crippen LogP contribution in [0.1, 0.15) is 30.1 Å². The second-order valence-corrected chi connectivity index (χ2v) is 8.79. The fourth-order valence-electron chi connectivity index (χ4n) is 4.04. The number of aryl methyl sites for hydroxylation is 1. The Morgan fingerprint density at radius 3 is 2.54 bits per heavy atom. The van der Waals surface area contributed by atoms with Crippen molar-refractivity contribution in [1.82, 2.24) is 34.3 Å². The van der Waals surface area contributed by atoms with Gasteiger partial charge in [-0.3, -0.25) is 4.79 Å². The number of nitrogens with one attached hydrogen (secondary N) is 1. The number of aromatic nitrogens is 7. The number of carbonyl (C=O) groups is 1. The van der Waals surface area contributed by atoms with Crippen molar-refractivity contribution < 1.29 is 4.79 Å². The molecular formula is C26H24N8O. The van der Waals surface area contributed by atoms with Crippen LogP contribution in [0.3, 0.4) is 0 Å². The van der Waals surface area contributed by atoms with E-state index >= 15 is 0 Å². The van der Waals surface area contributed by atoms with Crippen molar-refractivity contribution in [3.8, 4) is 22.6 Å². The van der Waals surface area contributed by atoms with Gasteiger partial charge in [-0.2, -0.15) is 5.10 Å². The van der Waals surface area contributed by atoms with Crippen molar-refractivity contribution in [3.05, 3.63) is 90.8 Å². The van der Waals surface area contributed by atoms with E-state index in [2.05, 4.69) is 20.6 Å². The van der Waals surface area contributed by atoms with Gasteiger partial charge >= 0.3 is 0 Å². The van der Waals surface area contributed by atoms with E-state index in [1.54, 1.807) is 21.9 Å². The van der Waals surface area contributed by atoms with Crippen molar-refractivity contribution in [2.75, 3.05) is 5.32 Å². The first-order chi connectivity index (χ1) is 17.1. The Morgan fingerprint density at radius 2 is 1.83 bits per heavy atom. The second kappa shape index (κ2) is 8.68. The lowest BCUT2D eigenvalue weighted by molar-refractivity contribution is -0.117. The highest BCUT2D eigenvalue weighted by Crippen LogP contribution is 2.40. The predicted molar refractivity (Wildman–Crippen MR) is 131 cm³/mol. The number of carbonyl (C=O) groups excluding carboxylic acids is 1. The van der Waals surface area contributed by atoms with Gasteiger partial charge in [-0.25, -0.2) is 14.3 Å². The maximum atomic E-state index is 12.9. The summed E-state index contributed by atoms with van der Waals surface area (Å²) in [6.07, 6.45) is 7.83. The van der Waals surface area contributed by atoms with Crippen LogP contribution < -0.4 is 5.32 Å². The molecule has 0 spiro atoms. The minimum absolute atomic E-state index is 0.0537. The van der Waals surface area contributed by atoms with Crippen LogP contribution in [-0.2, 0) is 11.3 Å². The molecule has 1 aliphatic rings. The smallest absolute Gasteiger partial charge is 0.247 e. The summed E-state index contributed by atoms with van der Waals surface area (Å²) in [7, 11) is 0. The molecule has 174 valence electrons. The number of rotatable bonds is 7. The summed E-state index contributed by atoms with van der Waals surface area (Å²) in [5.41, 5.74) is 5.53. The van der Waals surface area contributed by atoms with Crippen molar-refractivity contribution in [3.63, 3.8) is 0 Å². The molecule has 0 atom stereocenters. The topological polar surface area (TPSA) is 95.5 Å². The quantitative estimate of drug-likeness (QED) is 0.391. The Hall–Kier alpha value is -4.53. The highest BCUT2D eigenvalue weighted by atomic mass is 16.2. The van der Waals surface area contributed by atoms with E-state index in [1.165, 1.54) is 0 Å². The molecule has 1 saturated carbocycles. The van der Waals surface area contributed by atoms with Crippen molar-refractivity contribution >= 4 is 11.7 Å². The number of nitrogens with zero attached hydrogens (tertiary/aromatic N) is 7. The Balaban J connectivity index is 1.16. The van der Waals surface area contributed by atoms with Crippen LogP contribution in [-0.4, -0.2) is 40.2 Å². The van der Waals surface area contributed by atoms with Gasteiger partial charge in [-0.15, -0.1) is 5.10 Å². The molecule has 3 heterocycles. The highest BCUT2D eigenvalue weighted by Gasteiger charge is 2.28. The molecule has 9 nitrogen and oxygen atoms in total. The largest absolute Gasteiger partial charge is 0.309 e. The summed E-state index contributed by atoms with van der Waals surface area (Å²) in [6, 6.07) is 19.8. The van der Waals surface area contributed by atoms with Gasteiger partial charge in [-0.05, 0) is 44.0 Å². The summed E-state index contributed by atoms with van der Waals surface area (Å²) in [5, 5.41) is 16.1. The first-order valence-corrected chi connectivity index (χ1v) is 11.6. The van der Waals surface area contributed by atoms with Crippen molar-refractivity contribution in [2.24, 2.45) is 0 Å². The minimum atomic E-state index is -0.188. The van der Waals surface area contributed by atoms with Crippen LogP contribution in [0, 0.1) is 6.92 Å². The van der Waals surface area contributed by atoms with Crippen molar-refractivity contribution in [2.45, 2.75) is 32.2 Å². The zero-order valence-corrected chi connectivity index (χ0v) is 19.2. The van der Waals surface area contributed by atoms with Crippen LogP contribution in [0.5, 0.6) is 0 Å². The molecule has 5 aromatic rings. The fraction of sp³-hybridized carbons (Fsp3) is 0.192. The molecule has 0 radical (unpaired) electrons. The Bertz CT molecular complexity index is 1480. The first-order valence-electron chi connectivity index (χ1n) is 11.6. The van der Waals surface area contributed by atoms with Gasteiger partial charge in [0.1, 0.15) is 18.1 Å². The standard InChI is InChI=1S/C26H24N8O/c1-18-14-32(17-27-18)21-11-9-20(10-12-21)24-15-33(31-29-24)16-26(35)28-25-13-23(19-7-8-19)30-34(25)22-5-3-2-4-6-22/h2-6,9-15,17,19H,7-8,16H2,1H3,(H,28,35). The average molecular weight is 465 g/mol. The number of para-hydroxylation sites is 1. The third kappa shape index (κ3) is 4.48. The third-order valence-electron chi connectivity index (χ3n) is 6.01. The SMILES string of the molecule is Cc1cn(-c2ccc(-c3cn(CC(=O)Nc4cc(C5CC5)nn4-c4ccccc4)nn3)cc2)cn1. The van der Waals surface area contributed by atoms with Crippen molar-refractivity contribution in [1.29, 1.82) is 0 Å². The fourth-order valence-corrected chi connectivity index (χ4v) is 4.04. The zero-order chi connectivity index (χ0) is 23.8. The van der Waals surface area contributed by atoms with Crippen LogP contribution >= 0.6 is 0 Å². The van der Waals surface area contributed by atoms with Crippen LogP contribution in [0.2, 0.25) is 0 Å². The molecule has 1 amide bonds. The normalized spacial score (nSPS) is 13.2. The highest BCUT2D eigenvalue weighted by molar-refractivity contribution is 5.90. The van der Waals surface area contributed by atoms with Gasteiger partial charge in [0.25, 0.3) is 0 Å². The lowest BCUT2D eigenvalue weighted by atomic mass is 10.1. The van der Waals surface area contributed by atoms with E-state index in [-0.39, 0.29) is 12.5 Å². The van der Waals surface area contributed by atoms with Crippen LogP contribution in [0.15, 0.2) is 79.4 Å². The Morgan fingerprint density at radius 1 is 1.03 bits per heavy atom. The number of hydrogen-bond donors (Lipinski definition) is 1. The summed E-state index contributed by atoms with van der Waals surface area (Å²) in [6.45, 7) is 2.01. The molecule has 6 rings (SSSR count). The van der Waals surface area contributed by atoms with E-state index in [0.29, 0.717) is 17.4 Å². The maximum absolute atomic E-state index is 12.9.